The summed E-state index contributed by atoms with van der Waals surface area (Å²) < 4.78 is 42.3. The van der Waals surface area contributed by atoms with Crippen LogP contribution in [-0.2, 0) is 4.74 Å². The average molecular weight is 266 g/mol. The van der Waals surface area contributed by atoms with E-state index in [1.807, 2.05) is 0 Å². The molecule has 1 saturated carbocycles. The minimum Gasteiger partial charge on any atom is -0.372 e. The maximum atomic E-state index is 12.2. The molecule has 1 aliphatic heterocycles. The number of hydrogen-bond acceptors (Lipinski definition) is 3. The third-order valence-electron chi connectivity index (χ3n) is 3.37. The van der Waals surface area contributed by atoms with Crippen LogP contribution in [0.4, 0.5) is 13.2 Å². The van der Waals surface area contributed by atoms with Crippen molar-refractivity contribution in [2.45, 2.75) is 50.1 Å². The van der Waals surface area contributed by atoms with Gasteiger partial charge in [0.25, 0.3) is 0 Å². The molecular formula is C12H21F3N2O. The predicted molar refractivity (Wildman–Crippen MR) is 62.5 cm³/mol. The van der Waals surface area contributed by atoms with Crippen molar-refractivity contribution in [3.8, 4) is 0 Å². The van der Waals surface area contributed by atoms with Gasteiger partial charge in [-0.2, -0.15) is 13.2 Å². The smallest absolute Gasteiger partial charge is 0.372 e. The Labute approximate surface area is 106 Å². The number of hydrogen-bond donors (Lipinski definition) is 1. The van der Waals surface area contributed by atoms with Crippen LogP contribution in [0.1, 0.15) is 25.7 Å². The van der Waals surface area contributed by atoms with Gasteiger partial charge in [-0.1, -0.05) is 0 Å². The van der Waals surface area contributed by atoms with Crippen molar-refractivity contribution in [1.82, 2.24) is 10.2 Å². The molecule has 0 amide bonds. The first-order valence-corrected chi connectivity index (χ1v) is 6.56. The van der Waals surface area contributed by atoms with Gasteiger partial charge in [-0.15, -0.1) is 0 Å². The van der Waals surface area contributed by atoms with Gasteiger partial charge < -0.3 is 10.1 Å². The van der Waals surface area contributed by atoms with Gasteiger partial charge in [0.1, 0.15) is 0 Å². The number of halogens is 3. The van der Waals surface area contributed by atoms with E-state index in [2.05, 4.69) is 5.32 Å². The number of likely N-dealkylation sites (N-methyl/N-ethyl adjacent to an activating group) is 1. The van der Waals surface area contributed by atoms with Crippen molar-refractivity contribution in [3.05, 3.63) is 0 Å². The quantitative estimate of drug-likeness (QED) is 0.793. The number of ether oxygens (including phenoxy) is 1. The van der Waals surface area contributed by atoms with E-state index in [-0.39, 0.29) is 12.2 Å². The predicted octanol–water partition coefficient (Wildman–Crippen LogP) is 1.78. The summed E-state index contributed by atoms with van der Waals surface area (Å²) in [6.07, 6.45) is 0.289. The van der Waals surface area contributed by atoms with E-state index in [4.69, 9.17) is 4.74 Å². The third kappa shape index (κ3) is 5.12. The van der Waals surface area contributed by atoms with Gasteiger partial charge in [0.2, 0.25) is 0 Å². The Bertz CT molecular complexity index is 269. The van der Waals surface area contributed by atoms with E-state index in [1.54, 1.807) is 0 Å². The molecule has 2 aliphatic rings. The van der Waals surface area contributed by atoms with Crippen LogP contribution in [0, 0.1) is 0 Å². The van der Waals surface area contributed by atoms with E-state index < -0.39 is 12.7 Å². The summed E-state index contributed by atoms with van der Waals surface area (Å²) in [4.78, 5) is 1.29. The standard InChI is InChI=1S/C12H21F3N2O/c1-17(8-12(13,14)15)7-11-5-4-10(18-11)6-16-9-2-3-9/h9-11,16H,2-8H2,1H3. The Balaban J connectivity index is 1.62. The maximum absolute atomic E-state index is 12.2. The summed E-state index contributed by atoms with van der Waals surface area (Å²) in [6.45, 7) is 0.335. The van der Waals surface area contributed by atoms with Crippen molar-refractivity contribution in [2.24, 2.45) is 0 Å². The SMILES string of the molecule is CN(CC1CCC(CNC2CC2)O1)CC(F)(F)F. The topological polar surface area (TPSA) is 24.5 Å². The number of nitrogens with zero attached hydrogens (tertiary/aromatic N) is 1. The second-order valence-electron chi connectivity index (χ2n) is 5.45. The van der Waals surface area contributed by atoms with Gasteiger partial charge in [0, 0.05) is 19.1 Å². The van der Waals surface area contributed by atoms with E-state index >= 15 is 0 Å². The van der Waals surface area contributed by atoms with Gasteiger partial charge in [0.15, 0.2) is 0 Å². The summed E-state index contributed by atoms with van der Waals surface area (Å²) in [5, 5.41) is 3.39. The first-order chi connectivity index (χ1) is 8.42. The molecule has 1 saturated heterocycles. The fourth-order valence-corrected chi connectivity index (χ4v) is 2.37. The zero-order valence-electron chi connectivity index (χ0n) is 10.7. The molecule has 0 spiro atoms. The van der Waals surface area contributed by atoms with Crippen LogP contribution in [0.15, 0.2) is 0 Å². The van der Waals surface area contributed by atoms with Crippen molar-refractivity contribution >= 4 is 0 Å². The molecule has 2 rings (SSSR count). The minimum absolute atomic E-state index is 0.0525. The molecule has 1 aliphatic carbocycles. The molecule has 3 nitrogen and oxygen atoms in total. The van der Waals surface area contributed by atoms with Crippen LogP contribution < -0.4 is 5.32 Å². The molecule has 0 aromatic rings. The van der Waals surface area contributed by atoms with Crippen LogP contribution in [0.2, 0.25) is 0 Å². The van der Waals surface area contributed by atoms with Gasteiger partial charge in [-0.3, -0.25) is 4.90 Å². The van der Waals surface area contributed by atoms with Crippen molar-refractivity contribution in [3.63, 3.8) is 0 Å². The third-order valence-corrected chi connectivity index (χ3v) is 3.37. The molecule has 0 bridgehead atoms. The highest BCUT2D eigenvalue weighted by atomic mass is 19.4. The summed E-state index contributed by atoms with van der Waals surface area (Å²) in [5.41, 5.74) is 0. The number of rotatable bonds is 6. The summed E-state index contributed by atoms with van der Waals surface area (Å²) >= 11 is 0. The summed E-state index contributed by atoms with van der Waals surface area (Å²) in [5.74, 6) is 0. The Hall–Kier alpha value is -0.330. The molecular weight excluding hydrogens is 245 g/mol. The molecule has 0 aromatic heterocycles. The highest BCUT2D eigenvalue weighted by Crippen LogP contribution is 2.23. The van der Waals surface area contributed by atoms with Crippen LogP contribution in [-0.4, -0.2) is 56.0 Å². The van der Waals surface area contributed by atoms with Crippen molar-refractivity contribution in [2.75, 3.05) is 26.7 Å². The van der Waals surface area contributed by atoms with Crippen LogP contribution >= 0.6 is 0 Å². The van der Waals surface area contributed by atoms with E-state index in [9.17, 15) is 13.2 Å². The zero-order chi connectivity index (χ0) is 13.2. The molecule has 6 heteroatoms. The lowest BCUT2D eigenvalue weighted by atomic mass is 10.2. The van der Waals surface area contributed by atoms with Gasteiger partial charge in [0.05, 0.1) is 18.8 Å². The Kier molecular flexibility index (Phi) is 4.50. The van der Waals surface area contributed by atoms with Crippen LogP contribution in [0.5, 0.6) is 0 Å². The first-order valence-electron chi connectivity index (χ1n) is 6.56. The molecule has 1 N–H and O–H groups in total. The van der Waals surface area contributed by atoms with E-state index in [0.717, 1.165) is 19.4 Å². The summed E-state index contributed by atoms with van der Waals surface area (Å²) in [6, 6.07) is 0.653. The second kappa shape index (κ2) is 5.75. The number of alkyl halides is 3. The molecule has 18 heavy (non-hydrogen) atoms. The Morgan fingerprint density at radius 2 is 1.83 bits per heavy atom. The van der Waals surface area contributed by atoms with E-state index in [1.165, 1.54) is 24.8 Å². The van der Waals surface area contributed by atoms with Crippen molar-refractivity contribution in [1.29, 1.82) is 0 Å². The molecule has 2 unspecified atom stereocenters. The second-order valence-corrected chi connectivity index (χ2v) is 5.45. The minimum atomic E-state index is -4.12. The van der Waals surface area contributed by atoms with Crippen molar-refractivity contribution < 1.29 is 17.9 Å². The molecule has 1 heterocycles. The van der Waals surface area contributed by atoms with E-state index in [0.29, 0.717) is 12.6 Å². The monoisotopic (exact) mass is 266 g/mol. The molecule has 2 fully saturated rings. The zero-order valence-corrected chi connectivity index (χ0v) is 10.7. The fraction of sp³-hybridized carbons (Fsp3) is 1.00. The first kappa shape index (κ1) is 14.1. The van der Waals surface area contributed by atoms with Crippen LogP contribution in [0.3, 0.4) is 0 Å². The van der Waals surface area contributed by atoms with Crippen LogP contribution in [0.25, 0.3) is 0 Å². The summed E-state index contributed by atoms with van der Waals surface area (Å²) in [7, 11) is 1.49. The van der Waals surface area contributed by atoms with Gasteiger partial charge >= 0.3 is 6.18 Å². The number of nitrogens with one attached hydrogen (secondary N) is 1. The molecule has 106 valence electrons. The van der Waals surface area contributed by atoms with Gasteiger partial charge in [-0.05, 0) is 32.7 Å². The molecule has 2 atom stereocenters. The molecule has 0 aromatic carbocycles. The highest BCUT2D eigenvalue weighted by molar-refractivity contribution is 4.84. The lowest BCUT2D eigenvalue weighted by Gasteiger charge is -2.22. The largest absolute Gasteiger partial charge is 0.401 e. The lowest BCUT2D eigenvalue weighted by Crippen LogP contribution is -2.37. The molecule has 0 radical (unpaired) electrons. The lowest BCUT2D eigenvalue weighted by molar-refractivity contribution is -0.146. The highest BCUT2D eigenvalue weighted by Gasteiger charge is 2.32. The maximum Gasteiger partial charge on any atom is 0.401 e. The van der Waals surface area contributed by atoms with Gasteiger partial charge in [-0.25, -0.2) is 0 Å². The Morgan fingerprint density at radius 3 is 2.44 bits per heavy atom. The normalized spacial score (nSPS) is 29.2. The Morgan fingerprint density at radius 1 is 1.17 bits per heavy atom. The average Bonchev–Trinajstić information content (AvgIpc) is 2.94. The fourth-order valence-electron chi connectivity index (χ4n) is 2.37.